The number of piperazine rings is 1. The van der Waals surface area contributed by atoms with Crippen LogP contribution in [-0.4, -0.2) is 61.7 Å². The highest BCUT2D eigenvalue weighted by Crippen LogP contribution is 2.30. The first kappa shape index (κ1) is 20.7. The molecule has 1 fully saturated rings. The van der Waals surface area contributed by atoms with Crippen molar-refractivity contribution in [3.05, 3.63) is 63.7 Å². The maximum absolute atomic E-state index is 13.1. The molecule has 1 aliphatic rings. The molecule has 2 aromatic rings. The Balaban J connectivity index is 1.78. The Morgan fingerprint density at radius 3 is 2.38 bits per heavy atom. The largest absolute Gasteiger partial charge is 0.497 e. The topological polar surface area (TPSA) is 110 Å². The summed E-state index contributed by atoms with van der Waals surface area (Å²) in [4.78, 5) is 24.6. The van der Waals surface area contributed by atoms with E-state index in [0.717, 1.165) is 0 Å². The standard InChI is InChI=1S/C19H21N3O6S/c1-14-5-3-8-17(22(24)25)18(14)29(26,27)21-11-9-20(10-12-21)19(23)15-6-4-7-16(13-15)28-2/h3-8,13H,9-12H2,1-2H3. The number of aryl methyl sites for hydroxylation is 1. The van der Waals surface area contributed by atoms with E-state index in [1.165, 1.54) is 36.5 Å². The van der Waals surface area contributed by atoms with Crippen LogP contribution in [0.15, 0.2) is 47.4 Å². The maximum atomic E-state index is 13.1. The molecular weight excluding hydrogens is 398 g/mol. The van der Waals surface area contributed by atoms with Gasteiger partial charge in [-0.05, 0) is 30.7 Å². The molecule has 0 aliphatic carbocycles. The molecular formula is C19H21N3O6S. The van der Waals surface area contributed by atoms with Crippen LogP contribution in [0.4, 0.5) is 5.69 Å². The normalized spacial score (nSPS) is 15.2. The summed E-state index contributed by atoms with van der Waals surface area (Å²) in [6, 6.07) is 10.9. The van der Waals surface area contributed by atoms with Crippen LogP contribution >= 0.6 is 0 Å². The molecule has 1 amide bonds. The van der Waals surface area contributed by atoms with E-state index in [4.69, 9.17) is 4.74 Å². The SMILES string of the molecule is COc1cccc(C(=O)N2CCN(S(=O)(=O)c3c(C)cccc3[N+](=O)[O-])CC2)c1. The van der Waals surface area contributed by atoms with Gasteiger partial charge in [-0.25, -0.2) is 8.42 Å². The zero-order valence-electron chi connectivity index (χ0n) is 16.1. The van der Waals surface area contributed by atoms with E-state index in [2.05, 4.69) is 0 Å². The second-order valence-electron chi connectivity index (χ2n) is 6.61. The minimum atomic E-state index is -4.06. The first-order chi connectivity index (χ1) is 13.8. The molecule has 0 atom stereocenters. The van der Waals surface area contributed by atoms with Gasteiger partial charge < -0.3 is 9.64 Å². The van der Waals surface area contributed by atoms with E-state index in [1.807, 2.05) is 0 Å². The number of nitro groups is 1. The zero-order valence-corrected chi connectivity index (χ0v) is 16.9. The van der Waals surface area contributed by atoms with Gasteiger partial charge in [0.1, 0.15) is 5.75 Å². The average molecular weight is 419 g/mol. The molecule has 154 valence electrons. The number of nitrogens with zero attached hydrogens (tertiary/aromatic N) is 3. The van der Waals surface area contributed by atoms with Crippen molar-refractivity contribution in [3.63, 3.8) is 0 Å². The van der Waals surface area contributed by atoms with E-state index in [-0.39, 0.29) is 37.0 Å². The predicted octanol–water partition coefficient (Wildman–Crippen LogP) is 2.06. The lowest BCUT2D eigenvalue weighted by atomic mass is 10.1. The van der Waals surface area contributed by atoms with Gasteiger partial charge in [0.05, 0.1) is 12.0 Å². The molecule has 0 unspecified atom stereocenters. The molecule has 0 radical (unpaired) electrons. The Kier molecular flexibility index (Phi) is 5.85. The first-order valence-electron chi connectivity index (χ1n) is 8.93. The van der Waals surface area contributed by atoms with Crippen molar-refractivity contribution < 1.29 is 22.9 Å². The van der Waals surface area contributed by atoms with Crippen molar-refractivity contribution in [2.75, 3.05) is 33.3 Å². The van der Waals surface area contributed by atoms with Gasteiger partial charge in [0.2, 0.25) is 10.0 Å². The van der Waals surface area contributed by atoms with Crippen molar-refractivity contribution in [2.24, 2.45) is 0 Å². The summed E-state index contributed by atoms with van der Waals surface area (Å²) in [5.74, 6) is 0.340. The van der Waals surface area contributed by atoms with Gasteiger partial charge in [-0.2, -0.15) is 4.31 Å². The van der Waals surface area contributed by atoms with Gasteiger partial charge in [0, 0.05) is 37.8 Å². The van der Waals surface area contributed by atoms with Gasteiger partial charge >= 0.3 is 0 Å². The van der Waals surface area contributed by atoms with Gasteiger partial charge in [-0.1, -0.05) is 18.2 Å². The monoisotopic (exact) mass is 419 g/mol. The number of ether oxygens (including phenoxy) is 1. The van der Waals surface area contributed by atoms with Crippen LogP contribution < -0.4 is 4.74 Å². The van der Waals surface area contributed by atoms with Crippen LogP contribution in [0.25, 0.3) is 0 Å². The van der Waals surface area contributed by atoms with Crippen molar-refractivity contribution in [2.45, 2.75) is 11.8 Å². The van der Waals surface area contributed by atoms with Gasteiger partial charge in [-0.3, -0.25) is 14.9 Å². The van der Waals surface area contributed by atoms with E-state index in [9.17, 15) is 23.3 Å². The first-order valence-corrected chi connectivity index (χ1v) is 10.4. The number of hydrogen-bond acceptors (Lipinski definition) is 6. The molecule has 1 saturated heterocycles. The van der Waals surface area contributed by atoms with Crippen molar-refractivity contribution in [1.82, 2.24) is 9.21 Å². The highest BCUT2D eigenvalue weighted by atomic mass is 32.2. The molecule has 0 N–H and O–H groups in total. The molecule has 0 spiro atoms. The van der Waals surface area contributed by atoms with Crippen LogP contribution in [0.5, 0.6) is 5.75 Å². The second kappa shape index (κ2) is 8.18. The van der Waals surface area contributed by atoms with Crippen molar-refractivity contribution in [3.8, 4) is 5.75 Å². The number of hydrogen-bond donors (Lipinski definition) is 0. The number of benzene rings is 2. The molecule has 10 heteroatoms. The Hall–Kier alpha value is -2.98. The number of sulfonamides is 1. The average Bonchev–Trinajstić information content (AvgIpc) is 2.73. The summed E-state index contributed by atoms with van der Waals surface area (Å²) < 4.78 is 32.5. The lowest BCUT2D eigenvalue weighted by Gasteiger charge is -2.34. The lowest BCUT2D eigenvalue weighted by molar-refractivity contribution is -0.387. The molecule has 1 heterocycles. The van der Waals surface area contributed by atoms with Crippen LogP contribution in [0.1, 0.15) is 15.9 Å². The van der Waals surface area contributed by atoms with Gasteiger partial charge in [-0.15, -0.1) is 0 Å². The maximum Gasteiger partial charge on any atom is 0.289 e. The summed E-state index contributed by atoms with van der Waals surface area (Å²) in [6.45, 7) is 2.03. The van der Waals surface area contributed by atoms with Crippen molar-refractivity contribution in [1.29, 1.82) is 0 Å². The summed E-state index contributed by atoms with van der Waals surface area (Å²) in [5.41, 5.74) is 0.323. The second-order valence-corrected chi connectivity index (χ2v) is 8.48. The number of rotatable bonds is 5. The Morgan fingerprint density at radius 1 is 1.10 bits per heavy atom. The lowest BCUT2D eigenvalue weighted by Crippen LogP contribution is -2.50. The number of carbonyl (C=O) groups excluding carboxylic acids is 1. The van der Waals surface area contributed by atoms with E-state index < -0.39 is 20.6 Å². The Labute approximate surface area is 168 Å². The molecule has 0 aromatic heterocycles. The summed E-state index contributed by atoms with van der Waals surface area (Å²) in [5, 5.41) is 11.3. The summed E-state index contributed by atoms with van der Waals surface area (Å²) in [6.07, 6.45) is 0. The van der Waals surface area contributed by atoms with Gasteiger partial charge in [0.15, 0.2) is 4.90 Å². The fourth-order valence-corrected chi connectivity index (χ4v) is 5.10. The zero-order chi connectivity index (χ0) is 21.2. The minimum absolute atomic E-state index is 0.0591. The summed E-state index contributed by atoms with van der Waals surface area (Å²) in [7, 11) is -2.55. The third kappa shape index (κ3) is 4.08. The number of amides is 1. The number of nitro benzene ring substituents is 1. The van der Waals surface area contributed by atoms with Crippen molar-refractivity contribution >= 4 is 21.6 Å². The third-order valence-electron chi connectivity index (χ3n) is 4.83. The quantitative estimate of drug-likeness (QED) is 0.542. The highest BCUT2D eigenvalue weighted by Gasteiger charge is 2.36. The van der Waals surface area contributed by atoms with Crippen LogP contribution in [0.2, 0.25) is 0 Å². The molecule has 0 bridgehead atoms. The molecule has 9 nitrogen and oxygen atoms in total. The van der Waals surface area contributed by atoms with Crippen LogP contribution in [-0.2, 0) is 10.0 Å². The van der Waals surface area contributed by atoms with E-state index in [0.29, 0.717) is 16.9 Å². The minimum Gasteiger partial charge on any atom is -0.497 e. The predicted molar refractivity (Wildman–Crippen MR) is 105 cm³/mol. The number of methoxy groups -OCH3 is 1. The highest BCUT2D eigenvalue weighted by molar-refractivity contribution is 7.89. The molecule has 2 aromatic carbocycles. The van der Waals surface area contributed by atoms with Crippen LogP contribution in [0, 0.1) is 17.0 Å². The smallest absolute Gasteiger partial charge is 0.289 e. The Morgan fingerprint density at radius 2 is 1.76 bits per heavy atom. The Bertz CT molecular complexity index is 1050. The molecule has 3 rings (SSSR count). The summed E-state index contributed by atoms with van der Waals surface area (Å²) >= 11 is 0. The third-order valence-corrected chi connectivity index (χ3v) is 6.92. The van der Waals surface area contributed by atoms with Crippen LogP contribution in [0.3, 0.4) is 0 Å². The fraction of sp³-hybridized carbons (Fsp3) is 0.316. The van der Waals surface area contributed by atoms with E-state index in [1.54, 1.807) is 29.2 Å². The van der Waals surface area contributed by atoms with E-state index >= 15 is 0 Å². The van der Waals surface area contributed by atoms with Gasteiger partial charge in [0.25, 0.3) is 11.6 Å². The number of carbonyl (C=O) groups is 1. The fourth-order valence-electron chi connectivity index (χ4n) is 3.32. The molecule has 29 heavy (non-hydrogen) atoms. The molecule has 0 saturated carbocycles. The molecule has 1 aliphatic heterocycles.